The summed E-state index contributed by atoms with van der Waals surface area (Å²) >= 11 is 1.29. The quantitative estimate of drug-likeness (QED) is 0.309. The number of fused-ring (bicyclic) bond motifs is 1. The van der Waals surface area contributed by atoms with Crippen LogP contribution in [0, 0.1) is 17.7 Å². The summed E-state index contributed by atoms with van der Waals surface area (Å²) in [5.41, 5.74) is 2.23. The van der Waals surface area contributed by atoms with Gasteiger partial charge in [0.25, 0.3) is 11.8 Å². The summed E-state index contributed by atoms with van der Waals surface area (Å²) in [5, 5.41) is 5.00. The molecule has 5 rings (SSSR count). The van der Waals surface area contributed by atoms with Crippen LogP contribution in [0.2, 0.25) is 0 Å². The zero-order chi connectivity index (χ0) is 26.6. The fourth-order valence-electron chi connectivity index (χ4n) is 4.07. The number of amides is 2. The number of thiazole rings is 1. The lowest BCUT2D eigenvalue weighted by atomic mass is 10.0. The summed E-state index contributed by atoms with van der Waals surface area (Å²) in [6.07, 6.45) is 2.86. The van der Waals surface area contributed by atoms with Crippen molar-refractivity contribution in [2.75, 3.05) is 12.4 Å². The first-order chi connectivity index (χ1) is 18.4. The first-order valence-electron chi connectivity index (χ1n) is 11.4. The molecule has 0 saturated carbocycles. The second-order valence-electron chi connectivity index (χ2n) is 8.24. The number of ether oxygens (including phenoxy) is 1. The predicted molar refractivity (Wildman–Crippen MR) is 138 cm³/mol. The Morgan fingerprint density at radius 2 is 1.89 bits per heavy atom. The number of anilines is 1. The van der Waals surface area contributed by atoms with Gasteiger partial charge >= 0.3 is 5.97 Å². The number of halogens is 1. The minimum atomic E-state index is -0.877. The molecular formula is C28H19FN4O4S. The topological polar surface area (TPSA) is 101 Å². The van der Waals surface area contributed by atoms with Crippen molar-refractivity contribution >= 4 is 34.3 Å². The minimum Gasteiger partial charge on any atom is -0.464 e. The summed E-state index contributed by atoms with van der Waals surface area (Å²) in [7, 11) is 1.14. The van der Waals surface area contributed by atoms with E-state index in [-0.39, 0.29) is 23.9 Å². The maximum Gasteiger partial charge on any atom is 0.359 e. The third kappa shape index (κ3) is 5.00. The van der Waals surface area contributed by atoms with Crippen molar-refractivity contribution in [1.29, 1.82) is 0 Å². The summed E-state index contributed by atoms with van der Waals surface area (Å²) < 4.78 is 18.7. The van der Waals surface area contributed by atoms with Crippen LogP contribution in [-0.2, 0) is 16.1 Å². The molecule has 2 aromatic heterocycles. The van der Waals surface area contributed by atoms with Crippen LogP contribution in [-0.4, -0.2) is 39.8 Å². The molecule has 0 fully saturated rings. The normalized spacial score (nSPS) is 12.8. The summed E-state index contributed by atoms with van der Waals surface area (Å²) in [4.78, 5) is 47.7. The van der Waals surface area contributed by atoms with Gasteiger partial charge in [0.1, 0.15) is 6.04 Å². The van der Waals surface area contributed by atoms with Crippen LogP contribution >= 0.6 is 11.3 Å². The first kappa shape index (κ1) is 24.8. The molecule has 10 heteroatoms. The maximum absolute atomic E-state index is 14.2. The zero-order valence-corrected chi connectivity index (χ0v) is 20.8. The maximum atomic E-state index is 14.2. The van der Waals surface area contributed by atoms with Crippen molar-refractivity contribution < 1.29 is 23.5 Å². The Morgan fingerprint density at radius 3 is 2.61 bits per heavy atom. The number of pyridine rings is 1. The number of methoxy groups -OCH3 is 1. The van der Waals surface area contributed by atoms with Crippen molar-refractivity contribution in [2.45, 2.75) is 12.6 Å². The van der Waals surface area contributed by atoms with E-state index in [1.807, 2.05) is 18.2 Å². The first-order valence-corrected chi connectivity index (χ1v) is 12.3. The monoisotopic (exact) mass is 526 g/mol. The molecule has 0 bridgehead atoms. The lowest BCUT2D eigenvalue weighted by molar-refractivity contribution is -0.120. The van der Waals surface area contributed by atoms with Gasteiger partial charge < -0.3 is 9.64 Å². The van der Waals surface area contributed by atoms with Gasteiger partial charge in [-0.25, -0.2) is 19.2 Å². The Bertz CT molecular complexity index is 1600. The van der Waals surface area contributed by atoms with E-state index in [1.165, 1.54) is 22.4 Å². The number of hydrogen-bond acceptors (Lipinski definition) is 7. The Kier molecular flexibility index (Phi) is 6.93. The SMILES string of the molecule is COC(=O)c1ncc(C#Cc2ccc3c(c2)C(=O)N(C(C(=O)Nc2nccs2)c2ccccc2)C3)cc1F. The van der Waals surface area contributed by atoms with E-state index in [2.05, 4.69) is 31.9 Å². The van der Waals surface area contributed by atoms with Crippen LogP contribution in [0.1, 0.15) is 49.1 Å². The molecule has 1 aliphatic heterocycles. The average molecular weight is 527 g/mol. The van der Waals surface area contributed by atoms with Crippen LogP contribution in [0.4, 0.5) is 9.52 Å². The molecule has 1 aliphatic rings. The highest BCUT2D eigenvalue weighted by Crippen LogP contribution is 2.33. The van der Waals surface area contributed by atoms with Crippen molar-refractivity contribution in [1.82, 2.24) is 14.9 Å². The number of nitrogens with one attached hydrogen (secondary N) is 1. The third-order valence-corrected chi connectivity index (χ3v) is 6.54. The van der Waals surface area contributed by atoms with Crippen LogP contribution in [0.15, 0.2) is 72.4 Å². The van der Waals surface area contributed by atoms with Gasteiger partial charge in [0.05, 0.1) is 7.11 Å². The number of nitrogens with zero attached hydrogens (tertiary/aromatic N) is 3. The van der Waals surface area contributed by atoms with Gasteiger partial charge in [0.2, 0.25) is 0 Å². The molecule has 0 spiro atoms. The molecule has 3 heterocycles. The smallest absolute Gasteiger partial charge is 0.359 e. The third-order valence-electron chi connectivity index (χ3n) is 5.85. The standard InChI is InChI=1S/C28H19FN4O4S/c1-37-27(36)23-22(29)14-18(15-31-23)8-7-17-9-10-20-16-33(26(35)21(20)13-17)24(19-5-3-2-4-6-19)25(34)32-28-30-11-12-38-28/h2-6,9-15,24H,16H2,1H3,(H,30,32,34). The summed E-state index contributed by atoms with van der Waals surface area (Å²) in [6, 6.07) is 14.5. The Labute approximate surface area is 221 Å². The predicted octanol–water partition coefficient (Wildman–Crippen LogP) is 4.20. The van der Waals surface area contributed by atoms with Crippen molar-refractivity contribution in [3.63, 3.8) is 0 Å². The van der Waals surface area contributed by atoms with Gasteiger partial charge in [0, 0.05) is 41.0 Å². The van der Waals surface area contributed by atoms with E-state index in [0.717, 1.165) is 18.7 Å². The van der Waals surface area contributed by atoms with E-state index in [0.29, 0.717) is 21.8 Å². The summed E-state index contributed by atoms with van der Waals surface area (Å²) in [6.45, 7) is 0.247. The van der Waals surface area contributed by atoms with E-state index < -0.39 is 23.5 Å². The fourth-order valence-corrected chi connectivity index (χ4v) is 4.61. The van der Waals surface area contributed by atoms with Crippen LogP contribution in [0.25, 0.3) is 0 Å². The average Bonchev–Trinajstić information content (AvgIpc) is 3.55. The summed E-state index contributed by atoms with van der Waals surface area (Å²) in [5.74, 6) is 3.31. The second-order valence-corrected chi connectivity index (χ2v) is 9.14. The molecule has 2 aromatic carbocycles. The lowest BCUT2D eigenvalue weighted by Gasteiger charge is -2.27. The van der Waals surface area contributed by atoms with Crippen LogP contribution < -0.4 is 5.32 Å². The molecule has 1 N–H and O–H groups in total. The molecule has 38 heavy (non-hydrogen) atoms. The van der Waals surface area contributed by atoms with Gasteiger partial charge in [-0.05, 0) is 29.3 Å². The van der Waals surface area contributed by atoms with E-state index in [9.17, 15) is 18.8 Å². The molecule has 1 unspecified atom stereocenters. The molecule has 0 radical (unpaired) electrons. The largest absolute Gasteiger partial charge is 0.464 e. The van der Waals surface area contributed by atoms with Gasteiger partial charge in [-0.15, -0.1) is 11.3 Å². The fraction of sp³-hybridized carbons (Fsp3) is 0.107. The highest BCUT2D eigenvalue weighted by atomic mass is 32.1. The van der Waals surface area contributed by atoms with Crippen LogP contribution in [0.5, 0.6) is 0 Å². The Morgan fingerprint density at radius 1 is 1.11 bits per heavy atom. The molecular weight excluding hydrogens is 507 g/mol. The van der Waals surface area contributed by atoms with Gasteiger partial charge in [0.15, 0.2) is 16.6 Å². The minimum absolute atomic E-state index is 0.247. The molecule has 2 amide bonds. The Balaban J connectivity index is 1.41. The van der Waals surface area contributed by atoms with E-state index in [4.69, 9.17) is 0 Å². The zero-order valence-electron chi connectivity index (χ0n) is 20.0. The number of hydrogen-bond donors (Lipinski definition) is 1. The molecule has 0 saturated heterocycles. The van der Waals surface area contributed by atoms with Gasteiger partial charge in [-0.3, -0.25) is 14.9 Å². The molecule has 1 atom stereocenters. The van der Waals surface area contributed by atoms with Crippen molar-refractivity contribution in [3.05, 3.63) is 112 Å². The van der Waals surface area contributed by atoms with E-state index in [1.54, 1.807) is 41.9 Å². The number of esters is 1. The number of carbonyl (C=O) groups is 3. The van der Waals surface area contributed by atoms with Crippen LogP contribution in [0.3, 0.4) is 0 Å². The lowest BCUT2D eigenvalue weighted by Crippen LogP contribution is -2.37. The highest BCUT2D eigenvalue weighted by Gasteiger charge is 2.37. The molecule has 4 aromatic rings. The molecule has 8 nitrogen and oxygen atoms in total. The van der Waals surface area contributed by atoms with E-state index >= 15 is 0 Å². The van der Waals surface area contributed by atoms with Gasteiger partial charge in [-0.1, -0.05) is 48.2 Å². The molecule has 0 aliphatic carbocycles. The number of rotatable bonds is 5. The molecule has 188 valence electrons. The number of aromatic nitrogens is 2. The number of benzene rings is 2. The second kappa shape index (κ2) is 10.6. The number of carbonyl (C=O) groups excluding carboxylic acids is 3. The Hall–Kier alpha value is -4.88. The van der Waals surface area contributed by atoms with Crippen molar-refractivity contribution in [2.24, 2.45) is 0 Å². The highest BCUT2D eigenvalue weighted by molar-refractivity contribution is 7.13. The van der Waals surface area contributed by atoms with Gasteiger partial charge in [-0.2, -0.15) is 0 Å². The van der Waals surface area contributed by atoms with Crippen molar-refractivity contribution in [3.8, 4) is 11.8 Å².